The Labute approximate surface area is 95.4 Å². The summed E-state index contributed by atoms with van der Waals surface area (Å²) in [6.45, 7) is 4.11. The van der Waals surface area contributed by atoms with Gasteiger partial charge < -0.3 is 16.4 Å². The fourth-order valence-electron chi connectivity index (χ4n) is 1.09. The Morgan fingerprint density at radius 1 is 1.56 bits per heavy atom. The lowest BCUT2D eigenvalue weighted by molar-refractivity contribution is -0.125. The Balaban J connectivity index is 2.64. The first-order chi connectivity index (χ1) is 7.45. The van der Waals surface area contributed by atoms with Gasteiger partial charge in [-0.1, -0.05) is 0 Å². The van der Waals surface area contributed by atoms with Gasteiger partial charge in [-0.15, -0.1) is 0 Å². The third-order valence-corrected chi connectivity index (χ3v) is 2.42. The number of carbonyl (C=O) groups is 1. The van der Waals surface area contributed by atoms with Crippen molar-refractivity contribution in [2.24, 2.45) is 11.1 Å². The van der Waals surface area contributed by atoms with E-state index in [0.717, 1.165) is 11.5 Å². The standard InChI is InChI=1S/C11H18N4O/c1-11(2,10(12)16)7-15-8-4-5-14-9(6-8)13-3/h4-6H,7H2,1-3H3,(H2,12,16)(H2,13,14,15). The number of carbonyl (C=O) groups excluding carboxylic acids is 1. The molecule has 0 unspecified atom stereocenters. The van der Waals surface area contributed by atoms with Crippen LogP contribution in [0.25, 0.3) is 0 Å². The molecule has 0 bridgehead atoms. The molecule has 1 amide bonds. The van der Waals surface area contributed by atoms with Crippen molar-refractivity contribution in [2.45, 2.75) is 13.8 Å². The molecule has 0 aliphatic heterocycles. The minimum atomic E-state index is -0.566. The topological polar surface area (TPSA) is 80.0 Å². The lowest BCUT2D eigenvalue weighted by Crippen LogP contribution is -2.37. The van der Waals surface area contributed by atoms with E-state index in [0.29, 0.717) is 6.54 Å². The Morgan fingerprint density at radius 3 is 2.81 bits per heavy atom. The van der Waals surface area contributed by atoms with Crippen LogP contribution in [0, 0.1) is 5.41 Å². The summed E-state index contributed by atoms with van der Waals surface area (Å²) in [7, 11) is 1.81. The third kappa shape index (κ3) is 3.12. The van der Waals surface area contributed by atoms with E-state index in [1.807, 2.05) is 26.0 Å². The third-order valence-electron chi connectivity index (χ3n) is 2.42. The number of primary amides is 1. The molecule has 16 heavy (non-hydrogen) atoms. The lowest BCUT2D eigenvalue weighted by atomic mass is 9.93. The van der Waals surface area contributed by atoms with Crippen molar-refractivity contribution >= 4 is 17.4 Å². The number of anilines is 2. The summed E-state index contributed by atoms with van der Waals surface area (Å²) in [5.41, 5.74) is 5.63. The van der Waals surface area contributed by atoms with Crippen LogP contribution >= 0.6 is 0 Å². The maximum Gasteiger partial charge on any atom is 0.224 e. The quantitative estimate of drug-likeness (QED) is 0.695. The number of nitrogens with zero attached hydrogens (tertiary/aromatic N) is 1. The van der Waals surface area contributed by atoms with Crippen LogP contribution in [0.1, 0.15) is 13.8 Å². The minimum absolute atomic E-state index is 0.317. The second kappa shape index (κ2) is 4.83. The predicted molar refractivity (Wildman–Crippen MR) is 65.2 cm³/mol. The fourth-order valence-corrected chi connectivity index (χ4v) is 1.09. The normalized spacial score (nSPS) is 10.9. The van der Waals surface area contributed by atoms with Crippen LogP contribution < -0.4 is 16.4 Å². The summed E-state index contributed by atoms with van der Waals surface area (Å²) in [6, 6.07) is 3.72. The number of nitrogens with two attached hydrogens (primary N) is 1. The van der Waals surface area contributed by atoms with Crippen LogP contribution in [0.2, 0.25) is 0 Å². The van der Waals surface area contributed by atoms with Gasteiger partial charge in [0.25, 0.3) is 0 Å². The number of aromatic nitrogens is 1. The highest BCUT2D eigenvalue weighted by Gasteiger charge is 2.24. The molecular weight excluding hydrogens is 204 g/mol. The van der Waals surface area contributed by atoms with Crippen LogP contribution in [-0.2, 0) is 4.79 Å². The van der Waals surface area contributed by atoms with Gasteiger partial charge in [-0.25, -0.2) is 4.98 Å². The molecule has 0 radical (unpaired) electrons. The number of hydrogen-bond acceptors (Lipinski definition) is 4. The maximum atomic E-state index is 11.1. The molecule has 4 N–H and O–H groups in total. The van der Waals surface area contributed by atoms with E-state index in [1.165, 1.54) is 0 Å². The first-order valence-corrected chi connectivity index (χ1v) is 5.13. The molecule has 0 fully saturated rings. The van der Waals surface area contributed by atoms with Gasteiger partial charge in [-0.3, -0.25) is 4.79 Å². The number of pyridine rings is 1. The van der Waals surface area contributed by atoms with E-state index in [-0.39, 0.29) is 5.91 Å². The zero-order valence-electron chi connectivity index (χ0n) is 9.87. The zero-order chi connectivity index (χ0) is 12.2. The van der Waals surface area contributed by atoms with Gasteiger partial charge in [0.2, 0.25) is 5.91 Å². The summed E-state index contributed by atoms with van der Waals surface area (Å²) < 4.78 is 0. The van der Waals surface area contributed by atoms with E-state index >= 15 is 0 Å². The molecule has 0 aromatic carbocycles. The van der Waals surface area contributed by atoms with E-state index in [2.05, 4.69) is 15.6 Å². The highest BCUT2D eigenvalue weighted by Crippen LogP contribution is 2.17. The van der Waals surface area contributed by atoms with Crippen molar-refractivity contribution in [2.75, 3.05) is 24.2 Å². The van der Waals surface area contributed by atoms with Crippen molar-refractivity contribution in [3.8, 4) is 0 Å². The van der Waals surface area contributed by atoms with Gasteiger partial charge in [0.1, 0.15) is 5.82 Å². The number of hydrogen-bond donors (Lipinski definition) is 3. The van der Waals surface area contributed by atoms with Crippen molar-refractivity contribution in [3.63, 3.8) is 0 Å². The molecule has 5 heteroatoms. The summed E-state index contributed by atoms with van der Waals surface area (Å²) in [6.07, 6.45) is 1.70. The Kier molecular flexibility index (Phi) is 3.71. The van der Waals surface area contributed by atoms with E-state index < -0.39 is 5.41 Å². The first kappa shape index (κ1) is 12.3. The lowest BCUT2D eigenvalue weighted by Gasteiger charge is -2.21. The number of amides is 1. The molecule has 1 rings (SSSR count). The molecule has 0 aliphatic rings. The maximum absolute atomic E-state index is 11.1. The van der Waals surface area contributed by atoms with Crippen LogP contribution in [0.15, 0.2) is 18.3 Å². The molecule has 0 saturated heterocycles. The van der Waals surface area contributed by atoms with Crippen LogP contribution in [0.3, 0.4) is 0 Å². The van der Waals surface area contributed by atoms with Gasteiger partial charge in [0.05, 0.1) is 5.41 Å². The second-order valence-corrected chi connectivity index (χ2v) is 4.28. The molecule has 1 aromatic heterocycles. The molecule has 0 atom stereocenters. The van der Waals surface area contributed by atoms with Gasteiger partial charge in [-0.2, -0.15) is 0 Å². The van der Waals surface area contributed by atoms with Gasteiger partial charge >= 0.3 is 0 Å². The number of nitrogens with one attached hydrogen (secondary N) is 2. The zero-order valence-corrected chi connectivity index (χ0v) is 9.87. The van der Waals surface area contributed by atoms with E-state index in [9.17, 15) is 4.79 Å². The molecule has 0 saturated carbocycles. The Bertz CT molecular complexity index is 376. The van der Waals surface area contributed by atoms with Crippen LogP contribution in [0.4, 0.5) is 11.5 Å². The van der Waals surface area contributed by atoms with Gasteiger partial charge in [0.15, 0.2) is 0 Å². The largest absolute Gasteiger partial charge is 0.384 e. The van der Waals surface area contributed by atoms with E-state index in [1.54, 1.807) is 13.2 Å². The SMILES string of the molecule is CNc1cc(NCC(C)(C)C(N)=O)ccn1. The summed E-state index contributed by atoms with van der Waals surface area (Å²) in [4.78, 5) is 15.2. The second-order valence-electron chi connectivity index (χ2n) is 4.28. The highest BCUT2D eigenvalue weighted by molar-refractivity contribution is 5.80. The predicted octanol–water partition coefficient (Wildman–Crippen LogP) is 1.05. The monoisotopic (exact) mass is 222 g/mol. The fraction of sp³-hybridized carbons (Fsp3) is 0.455. The van der Waals surface area contributed by atoms with Crippen LogP contribution in [0.5, 0.6) is 0 Å². The molecule has 0 aliphatic carbocycles. The minimum Gasteiger partial charge on any atom is -0.384 e. The molecule has 1 heterocycles. The Morgan fingerprint density at radius 2 is 2.25 bits per heavy atom. The molecule has 1 aromatic rings. The van der Waals surface area contributed by atoms with E-state index in [4.69, 9.17) is 5.73 Å². The highest BCUT2D eigenvalue weighted by atomic mass is 16.1. The molecule has 5 nitrogen and oxygen atoms in total. The summed E-state index contributed by atoms with van der Waals surface area (Å²) >= 11 is 0. The molecular formula is C11H18N4O. The van der Waals surface area contributed by atoms with Crippen molar-refractivity contribution in [1.82, 2.24) is 4.98 Å². The average Bonchev–Trinajstić information content (AvgIpc) is 2.26. The van der Waals surface area contributed by atoms with Crippen molar-refractivity contribution in [1.29, 1.82) is 0 Å². The smallest absolute Gasteiger partial charge is 0.224 e. The summed E-state index contributed by atoms with van der Waals surface area (Å²) in [5.74, 6) is 0.463. The molecule has 0 spiro atoms. The Hall–Kier alpha value is -1.78. The molecule has 88 valence electrons. The number of rotatable bonds is 5. The van der Waals surface area contributed by atoms with Gasteiger partial charge in [0, 0.05) is 31.5 Å². The van der Waals surface area contributed by atoms with Crippen LogP contribution in [-0.4, -0.2) is 24.5 Å². The van der Waals surface area contributed by atoms with Crippen molar-refractivity contribution in [3.05, 3.63) is 18.3 Å². The van der Waals surface area contributed by atoms with Gasteiger partial charge in [-0.05, 0) is 19.9 Å². The summed E-state index contributed by atoms with van der Waals surface area (Å²) in [5, 5.41) is 6.10. The van der Waals surface area contributed by atoms with Crippen molar-refractivity contribution < 1.29 is 4.79 Å². The average molecular weight is 222 g/mol. The first-order valence-electron chi connectivity index (χ1n) is 5.13.